The molecule has 2 aliphatic rings. The maximum atomic E-state index is 13.2. The van der Waals surface area contributed by atoms with Gasteiger partial charge in [-0.1, -0.05) is 26.8 Å². The Morgan fingerprint density at radius 3 is 2.43 bits per heavy atom. The first kappa shape index (κ1) is 25.1. The molecule has 2 aromatic carbocycles. The fourth-order valence-electron chi connectivity index (χ4n) is 5.04. The van der Waals surface area contributed by atoms with Gasteiger partial charge in [0, 0.05) is 4.88 Å². The van der Waals surface area contributed by atoms with E-state index in [0.717, 1.165) is 35.4 Å². The summed E-state index contributed by atoms with van der Waals surface area (Å²) in [6, 6.07) is 12.0. The van der Waals surface area contributed by atoms with Crippen molar-refractivity contribution >= 4 is 28.2 Å². The minimum atomic E-state index is -0.500. The van der Waals surface area contributed by atoms with E-state index in [2.05, 4.69) is 31.4 Å². The van der Waals surface area contributed by atoms with Gasteiger partial charge in [-0.3, -0.25) is 4.79 Å². The van der Waals surface area contributed by atoms with Crippen molar-refractivity contribution in [2.24, 2.45) is 11.3 Å². The van der Waals surface area contributed by atoms with Crippen LogP contribution in [0.4, 0.5) is 5.00 Å². The van der Waals surface area contributed by atoms with Gasteiger partial charge in [-0.05, 0) is 78.1 Å². The Bertz CT molecular complexity index is 1340. The van der Waals surface area contributed by atoms with Crippen LogP contribution in [0.2, 0.25) is 0 Å². The monoisotopic (exact) mass is 520 g/mol. The molecule has 0 fully saturated rings. The van der Waals surface area contributed by atoms with E-state index in [-0.39, 0.29) is 11.3 Å². The number of thiophene rings is 1. The van der Waals surface area contributed by atoms with Crippen molar-refractivity contribution in [3.63, 3.8) is 0 Å². The highest BCUT2D eigenvalue weighted by atomic mass is 32.1. The van der Waals surface area contributed by atoms with Crippen LogP contribution < -0.4 is 24.8 Å². The third-order valence-corrected chi connectivity index (χ3v) is 8.50. The maximum Gasteiger partial charge on any atom is 0.343 e. The smallest absolute Gasteiger partial charge is 0.343 e. The molecule has 0 saturated carbocycles. The summed E-state index contributed by atoms with van der Waals surface area (Å²) in [6.07, 6.45) is 2.63. The van der Waals surface area contributed by atoms with Crippen LogP contribution in [-0.2, 0) is 12.8 Å². The quantitative estimate of drug-likeness (QED) is 0.318. The minimum Gasteiger partial charge on any atom is -0.497 e. The normalized spacial score (nSPS) is 18.7. The van der Waals surface area contributed by atoms with E-state index in [1.807, 2.05) is 6.07 Å². The maximum absolute atomic E-state index is 13.2. The number of hydrogen-bond acceptors (Lipinski definition) is 7. The Morgan fingerprint density at radius 2 is 1.76 bits per heavy atom. The summed E-state index contributed by atoms with van der Waals surface area (Å²) >= 11 is 1.70. The first-order chi connectivity index (χ1) is 17.7. The molecule has 3 aromatic rings. The molecule has 194 valence electrons. The number of benzene rings is 2. The lowest BCUT2D eigenvalue weighted by atomic mass is 9.72. The molecule has 1 aliphatic carbocycles. The van der Waals surface area contributed by atoms with Crippen LogP contribution in [0.3, 0.4) is 0 Å². The number of hydrogen-bond donors (Lipinski definition) is 2. The van der Waals surface area contributed by atoms with E-state index in [1.54, 1.807) is 54.8 Å². The van der Waals surface area contributed by atoms with Crippen LogP contribution in [-0.4, -0.2) is 26.1 Å². The first-order valence-electron chi connectivity index (χ1n) is 12.4. The highest BCUT2D eigenvalue weighted by molar-refractivity contribution is 7.16. The van der Waals surface area contributed by atoms with Crippen LogP contribution in [0, 0.1) is 11.3 Å². The topological polar surface area (TPSA) is 85.9 Å². The van der Waals surface area contributed by atoms with E-state index in [1.165, 1.54) is 17.6 Å². The molecule has 2 N–H and O–H groups in total. The molecular formula is C29H32N2O5S. The van der Waals surface area contributed by atoms with Gasteiger partial charge in [-0.25, -0.2) is 4.79 Å². The number of anilines is 1. The van der Waals surface area contributed by atoms with Gasteiger partial charge in [0.2, 0.25) is 0 Å². The van der Waals surface area contributed by atoms with Gasteiger partial charge in [0.15, 0.2) is 11.5 Å². The number of nitrogens with one attached hydrogen (secondary N) is 2. The zero-order valence-electron chi connectivity index (χ0n) is 21.8. The Labute approximate surface area is 221 Å². The number of carbonyl (C=O) groups is 2. The zero-order valence-corrected chi connectivity index (χ0v) is 22.6. The molecule has 0 saturated heterocycles. The summed E-state index contributed by atoms with van der Waals surface area (Å²) in [5.74, 6) is 1.41. The SMILES string of the molecule is COc1ccc(C(=O)Oc2ccc([C@H]3NC(=O)c4c(sc5c4CC[C@@H](C(C)(C)C)C5)N3)cc2OC)cc1. The van der Waals surface area contributed by atoms with Gasteiger partial charge in [0.25, 0.3) is 5.91 Å². The van der Waals surface area contributed by atoms with Crippen molar-refractivity contribution in [3.8, 4) is 17.2 Å². The number of fused-ring (bicyclic) bond motifs is 3. The second kappa shape index (κ2) is 9.74. The summed E-state index contributed by atoms with van der Waals surface area (Å²) in [5.41, 5.74) is 3.44. The molecule has 5 rings (SSSR count). The van der Waals surface area contributed by atoms with E-state index >= 15 is 0 Å². The van der Waals surface area contributed by atoms with Gasteiger partial charge in [-0.15, -0.1) is 11.3 Å². The lowest BCUT2D eigenvalue weighted by Gasteiger charge is -2.34. The molecule has 1 aromatic heterocycles. The van der Waals surface area contributed by atoms with Crippen LogP contribution in [0.1, 0.15) is 70.1 Å². The van der Waals surface area contributed by atoms with Gasteiger partial charge < -0.3 is 24.8 Å². The molecule has 37 heavy (non-hydrogen) atoms. The van der Waals surface area contributed by atoms with Gasteiger partial charge in [0.1, 0.15) is 16.9 Å². The van der Waals surface area contributed by atoms with Crippen LogP contribution in [0.15, 0.2) is 42.5 Å². The average Bonchev–Trinajstić information content (AvgIpc) is 3.26. The van der Waals surface area contributed by atoms with Crippen LogP contribution >= 0.6 is 11.3 Å². The van der Waals surface area contributed by atoms with Crippen molar-refractivity contribution in [3.05, 3.63) is 69.6 Å². The molecular weight excluding hydrogens is 488 g/mol. The molecule has 2 atom stereocenters. The van der Waals surface area contributed by atoms with E-state index in [0.29, 0.717) is 28.7 Å². The van der Waals surface area contributed by atoms with Crippen molar-refractivity contribution in [2.45, 2.75) is 46.2 Å². The Balaban J connectivity index is 1.35. The largest absolute Gasteiger partial charge is 0.497 e. The molecule has 0 radical (unpaired) electrons. The van der Waals surface area contributed by atoms with Crippen molar-refractivity contribution < 1.29 is 23.8 Å². The van der Waals surface area contributed by atoms with Crippen molar-refractivity contribution in [1.82, 2.24) is 5.32 Å². The van der Waals surface area contributed by atoms with Crippen molar-refractivity contribution in [1.29, 1.82) is 0 Å². The van der Waals surface area contributed by atoms with Gasteiger partial charge in [-0.2, -0.15) is 0 Å². The number of ether oxygens (including phenoxy) is 3. The fraction of sp³-hybridized carbons (Fsp3) is 0.379. The number of amides is 1. The summed E-state index contributed by atoms with van der Waals surface area (Å²) in [5, 5.41) is 7.53. The third kappa shape index (κ3) is 4.90. The van der Waals surface area contributed by atoms with E-state index < -0.39 is 12.1 Å². The molecule has 2 heterocycles. The molecule has 1 aliphatic heterocycles. The summed E-state index contributed by atoms with van der Waals surface area (Å²) in [6.45, 7) is 6.88. The van der Waals surface area contributed by atoms with Crippen LogP contribution in [0.5, 0.6) is 17.2 Å². The third-order valence-electron chi connectivity index (χ3n) is 7.32. The zero-order chi connectivity index (χ0) is 26.3. The number of carbonyl (C=O) groups excluding carboxylic acids is 2. The lowest BCUT2D eigenvalue weighted by Crippen LogP contribution is -2.38. The highest BCUT2D eigenvalue weighted by Crippen LogP contribution is 2.46. The second-order valence-corrected chi connectivity index (χ2v) is 11.7. The molecule has 0 spiro atoms. The predicted octanol–water partition coefficient (Wildman–Crippen LogP) is 5.99. The molecule has 0 unspecified atom stereocenters. The highest BCUT2D eigenvalue weighted by Gasteiger charge is 2.36. The molecule has 8 heteroatoms. The standard InChI is InChI=1S/C29H32N2O5S/c1-29(2,3)18-9-12-20-23(15-18)37-27-24(20)26(32)30-25(31-27)17-8-13-21(22(14-17)35-5)36-28(33)16-6-10-19(34-4)11-7-16/h6-8,10-11,13-14,18,25,31H,9,12,15H2,1-5H3,(H,30,32)/t18-,25+/m1/s1. The second-order valence-electron chi connectivity index (χ2n) is 10.6. The summed E-state index contributed by atoms with van der Waals surface area (Å²) in [7, 11) is 3.09. The summed E-state index contributed by atoms with van der Waals surface area (Å²) in [4.78, 5) is 27.2. The molecule has 1 amide bonds. The van der Waals surface area contributed by atoms with Gasteiger partial charge >= 0.3 is 5.97 Å². The predicted molar refractivity (Wildman–Crippen MR) is 144 cm³/mol. The summed E-state index contributed by atoms with van der Waals surface area (Å²) < 4.78 is 16.3. The van der Waals surface area contributed by atoms with E-state index in [4.69, 9.17) is 14.2 Å². The first-order valence-corrected chi connectivity index (χ1v) is 13.3. The Morgan fingerprint density at radius 1 is 1.00 bits per heavy atom. The van der Waals surface area contributed by atoms with E-state index in [9.17, 15) is 9.59 Å². The van der Waals surface area contributed by atoms with Crippen LogP contribution in [0.25, 0.3) is 0 Å². The minimum absolute atomic E-state index is 0.0561. The fourth-order valence-corrected chi connectivity index (χ4v) is 6.39. The Kier molecular flexibility index (Phi) is 6.62. The Hall–Kier alpha value is -3.52. The number of rotatable bonds is 5. The number of methoxy groups -OCH3 is 2. The molecule has 7 nitrogen and oxygen atoms in total. The average molecular weight is 521 g/mol. The number of esters is 1. The van der Waals surface area contributed by atoms with Crippen molar-refractivity contribution in [2.75, 3.05) is 19.5 Å². The lowest BCUT2D eigenvalue weighted by molar-refractivity contribution is 0.0729. The van der Waals surface area contributed by atoms with Gasteiger partial charge in [0.05, 0.1) is 25.3 Å². The molecule has 0 bridgehead atoms.